The molecular weight excluding hydrogens is 338 g/mol. The summed E-state index contributed by atoms with van der Waals surface area (Å²) in [6, 6.07) is 9.74. The fourth-order valence-corrected chi connectivity index (χ4v) is 3.88. The molecule has 7 heteroatoms. The van der Waals surface area contributed by atoms with Crippen molar-refractivity contribution in [2.24, 2.45) is 0 Å². The molecule has 0 aliphatic carbocycles. The van der Waals surface area contributed by atoms with Crippen LogP contribution in [0.3, 0.4) is 0 Å². The average Bonchev–Trinajstić information content (AvgIpc) is 3.18. The van der Waals surface area contributed by atoms with Crippen molar-refractivity contribution in [2.45, 2.75) is 76.5 Å². The first kappa shape index (κ1) is 18.3. The van der Waals surface area contributed by atoms with E-state index in [1.165, 1.54) is 5.06 Å². The van der Waals surface area contributed by atoms with Crippen molar-refractivity contribution in [1.82, 2.24) is 5.06 Å². The minimum absolute atomic E-state index is 0.273. The zero-order chi connectivity index (χ0) is 18.5. The minimum atomic E-state index is -0.738. The predicted molar refractivity (Wildman–Crippen MR) is 91.2 cm³/mol. The molecule has 5 atom stereocenters. The van der Waals surface area contributed by atoms with Crippen LogP contribution in [-0.2, 0) is 30.2 Å². The Hall–Kier alpha value is -1.06. The van der Waals surface area contributed by atoms with Gasteiger partial charge in [0.1, 0.15) is 24.4 Å². The molecule has 0 unspecified atom stereocenters. The summed E-state index contributed by atoms with van der Waals surface area (Å²) < 4.78 is 29.9. The molecule has 0 bridgehead atoms. The van der Waals surface area contributed by atoms with Crippen molar-refractivity contribution in [3.8, 4) is 0 Å². The summed E-state index contributed by atoms with van der Waals surface area (Å²) in [6.07, 6.45) is -2.03. The van der Waals surface area contributed by atoms with Crippen LogP contribution < -0.4 is 0 Å². The first-order chi connectivity index (χ1) is 12.2. The highest BCUT2D eigenvalue weighted by molar-refractivity contribution is 5.14. The molecule has 26 heavy (non-hydrogen) atoms. The molecule has 0 aromatic heterocycles. The summed E-state index contributed by atoms with van der Waals surface area (Å²) in [6.45, 7) is 8.24. The van der Waals surface area contributed by atoms with E-state index in [0.29, 0.717) is 13.2 Å². The van der Waals surface area contributed by atoms with Crippen LogP contribution in [0.1, 0.15) is 33.3 Å². The van der Waals surface area contributed by atoms with Gasteiger partial charge in [-0.25, -0.2) is 0 Å². The van der Waals surface area contributed by atoms with Gasteiger partial charge in [-0.2, -0.15) is 5.06 Å². The van der Waals surface area contributed by atoms with Gasteiger partial charge in [0.2, 0.25) is 0 Å². The van der Waals surface area contributed by atoms with E-state index >= 15 is 0 Å². The molecule has 7 nitrogen and oxygen atoms in total. The van der Waals surface area contributed by atoms with Crippen molar-refractivity contribution in [3.05, 3.63) is 35.9 Å². The lowest BCUT2D eigenvalue weighted by molar-refractivity contribution is -0.274. The van der Waals surface area contributed by atoms with E-state index in [1.54, 1.807) is 0 Å². The van der Waals surface area contributed by atoms with E-state index in [9.17, 15) is 5.21 Å². The normalized spacial score (nSPS) is 38.0. The maximum absolute atomic E-state index is 10.7. The molecule has 0 spiro atoms. The Morgan fingerprint density at radius 1 is 0.962 bits per heavy atom. The Labute approximate surface area is 153 Å². The van der Waals surface area contributed by atoms with Crippen LogP contribution in [0.15, 0.2) is 30.3 Å². The Kier molecular flexibility index (Phi) is 4.60. The zero-order valence-electron chi connectivity index (χ0n) is 15.6. The molecule has 3 aliphatic heterocycles. The Morgan fingerprint density at radius 2 is 1.65 bits per heavy atom. The van der Waals surface area contributed by atoms with Crippen LogP contribution in [0.4, 0.5) is 0 Å². The van der Waals surface area contributed by atoms with Crippen LogP contribution in [-0.4, -0.2) is 59.1 Å². The van der Waals surface area contributed by atoms with Gasteiger partial charge in [0.05, 0.1) is 13.2 Å². The monoisotopic (exact) mass is 365 g/mol. The molecule has 1 aromatic carbocycles. The van der Waals surface area contributed by atoms with Gasteiger partial charge >= 0.3 is 0 Å². The molecular formula is C19H27NO6. The largest absolute Gasteiger partial charge is 0.349 e. The highest BCUT2D eigenvalue weighted by Gasteiger charge is 2.60. The number of hydroxylamine groups is 2. The fraction of sp³-hybridized carbons (Fsp3) is 0.684. The van der Waals surface area contributed by atoms with Gasteiger partial charge < -0.3 is 28.9 Å². The van der Waals surface area contributed by atoms with Crippen LogP contribution in [0.2, 0.25) is 0 Å². The molecule has 3 fully saturated rings. The van der Waals surface area contributed by atoms with Crippen molar-refractivity contribution >= 4 is 0 Å². The van der Waals surface area contributed by atoms with Crippen molar-refractivity contribution < 1.29 is 28.9 Å². The SMILES string of the molecule is CC1(C)O[C@H]2[C@@H]([C@@H]3COC(C)(C)O3)O[C@H](N(O)Cc3ccccc3)[C@H]2O1. The van der Waals surface area contributed by atoms with Crippen molar-refractivity contribution in [3.63, 3.8) is 0 Å². The lowest BCUT2D eigenvalue weighted by Crippen LogP contribution is -2.42. The second-order valence-electron chi connectivity index (χ2n) is 8.01. The molecule has 3 heterocycles. The van der Waals surface area contributed by atoms with Gasteiger partial charge in [0, 0.05) is 0 Å². The molecule has 1 aromatic rings. The fourth-order valence-electron chi connectivity index (χ4n) is 3.88. The molecule has 0 saturated carbocycles. The summed E-state index contributed by atoms with van der Waals surface area (Å²) in [7, 11) is 0. The molecule has 0 radical (unpaired) electrons. The van der Waals surface area contributed by atoms with Crippen LogP contribution in [0.5, 0.6) is 0 Å². The number of rotatable bonds is 4. The highest BCUT2D eigenvalue weighted by atomic mass is 16.8. The number of nitrogens with zero attached hydrogens (tertiary/aromatic N) is 1. The summed E-state index contributed by atoms with van der Waals surface area (Å²) in [5.41, 5.74) is 0.985. The smallest absolute Gasteiger partial charge is 0.164 e. The third kappa shape index (κ3) is 3.53. The van der Waals surface area contributed by atoms with Gasteiger partial charge in [0.25, 0.3) is 0 Å². The maximum Gasteiger partial charge on any atom is 0.164 e. The minimum Gasteiger partial charge on any atom is -0.349 e. The number of ether oxygens (including phenoxy) is 5. The van der Waals surface area contributed by atoms with Gasteiger partial charge in [0.15, 0.2) is 17.8 Å². The molecule has 3 aliphatic rings. The highest BCUT2D eigenvalue weighted by Crippen LogP contribution is 2.43. The molecule has 0 amide bonds. The summed E-state index contributed by atoms with van der Waals surface area (Å²) in [5.74, 6) is -1.39. The van der Waals surface area contributed by atoms with Gasteiger partial charge in [-0.3, -0.25) is 0 Å². The second-order valence-corrected chi connectivity index (χ2v) is 8.01. The van der Waals surface area contributed by atoms with E-state index < -0.39 is 23.9 Å². The van der Waals surface area contributed by atoms with Gasteiger partial charge in [-0.05, 0) is 33.3 Å². The van der Waals surface area contributed by atoms with Crippen molar-refractivity contribution in [1.29, 1.82) is 0 Å². The summed E-state index contributed by atoms with van der Waals surface area (Å²) >= 11 is 0. The molecule has 3 saturated heterocycles. The number of fused-ring (bicyclic) bond motifs is 1. The third-order valence-corrected chi connectivity index (χ3v) is 4.94. The quantitative estimate of drug-likeness (QED) is 0.821. The molecule has 1 N–H and O–H groups in total. The third-order valence-electron chi connectivity index (χ3n) is 4.94. The molecule has 4 rings (SSSR count). The van der Waals surface area contributed by atoms with E-state index in [2.05, 4.69) is 0 Å². The predicted octanol–water partition coefficient (Wildman–Crippen LogP) is 2.27. The molecule has 144 valence electrons. The van der Waals surface area contributed by atoms with Crippen LogP contribution in [0.25, 0.3) is 0 Å². The Bertz CT molecular complexity index is 636. The summed E-state index contributed by atoms with van der Waals surface area (Å²) in [4.78, 5) is 0. The Morgan fingerprint density at radius 3 is 2.31 bits per heavy atom. The van der Waals surface area contributed by atoms with Crippen LogP contribution >= 0.6 is 0 Å². The van der Waals surface area contributed by atoms with E-state index in [1.807, 2.05) is 58.0 Å². The standard InChI is InChI=1S/C19H27NO6/c1-18(2)22-11-13(24-18)14-15-16(26-19(3,4)25-15)17(23-14)20(21)10-12-8-6-5-7-9-12/h5-9,13-17,21H,10-11H2,1-4H3/t13-,14+,15-,16-,17-/m0/s1. The topological polar surface area (TPSA) is 69.6 Å². The second kappa shape index (κ2) is 6.53. The lowest BCUT2D eigenvalue weighted by Gasteiger charge is -2.29. The van der Waals surface area contributed by atoms with E-state index in [4.69, 9.17) is 23.7 Å². The van der Waals surface area contributed by atoms with E-state index in [-0.39, 0.29) is 18.3 Å². The first-order valence-corrected chi connectivity index (χ1v) is 9.06. The van der Waals surface area contributed by atoms with Crippen LogP contribution in [0, 0.1) is 0 Å². The first-order valence-electron chi connectivity index (χ1n) is 9.06. The maximum atomic E-state index is 10.7. The summed E-state index contributed by atoms with van der Waals surface area (Å²) in [5, 5.41) is 11.9. The average molecular weight is 365 g/mol. The zero-order valence-corrected chi connectivity index (χ0v) is 15.6. The number of benzene rings is 1. The van der Waals surface area contributed by atoms with Crippen molar-refractivity contribution in [2.75, 3.05) is 6.61 Å². The number of hydrogen-bond donors (Lipinski definition) is 1. The lowest BCUT2D eigenvalue weighted by atomic mass is 10.1. The Balaban J connectivity index is 1.52. The van der Waals surface area contributed by atoms with Gasteiger partial charge in [-0.15, -0.1) is 0 Å². The van der Waals surface area contributed by atoms with Gasteiger partial charge in [-0.1, -0.05) is 30.3 Å². The van der Waals surface area contributed by atoms with E-state index in [0.717, 1.165) is 5.56 Å². The number of hydrogen-bond acceptors (Lipinski definition) is 7.